The summed E-state index contributed by atoms with van der Waals surface area (Å²) in [7, 11) is 1.72. The molecule has 3 nitrogen and oxygen atoms in total. The largest absolute Gasteiger partial charge is 0.497 e. The van der Waals surface area contributed by atoms with Crippen molar-refractivity contribution in [2.45, 2.75) is 38.1 Å². The molecule has 182 valence electrons. The zero-order valence-corrected chi connectivity index (χ0v) is 21.5. The van der Waals surface area contributed by atoms with Crippen LogP contribution in [0.5, 0.6) is 5.75 Å². The summed E-state index contributed by atoms with van der Waals surface area (Å²) in [6.45, 7) is 0. The smallest absolute Gasteiger partial charge is 0.126 e. The fourth-order valence-electron chi connectivity index (χ4n) is 7.45. The number of hydrogen-bond acceptors (Lipinski definition) is 4. The Morgan fingerprint density at radius 2 is 1.33 bits per heavy atom. The summed E-state index contributed by atoms with van der Waals surface area (Å²) in [5.41, 5.74) is 4.73. The topological polar surface area (TPSA) is 25.4 Å². The molecule has 0 saturated heterocycles. The van der Waals surface area contributed by atoms with E-state index < -0.39 is 0 Å². The van der Waals surface area contributed by atoms with E-state index in [1.165, 1.54) is 48.4 Å². The van der Waals surface area contributed by atoms with Crippen LogP contribution in [0, 0.1) is 23.7 Å². The lowest BCUT2D eigenvalue weighted by Gasteiger charge is -2.57. The first-order valence-corrected chi connectivity index (χ1v) is 14.1. The predicted molar refractivity (Wildman–Crippen MR) is 149 cm³/mol. The van der Waals surface area contributed by atoms with E-state index in [0.717, 1.165) is 45.7 Å². The van der Waals surface area contributed by atoms with Crippen molar-refractivity contribution in [3.05, 3.63) is 84.9 Å². The van der Waals surface area contributed by atoms with Crippen LogP contribution in [0.15, 0.2) is 84.9 Å². The van der Waals surface area contributed by atoms with E-state index in [0.29, 0.717) is 6.04 Å². The molecule has 0 spiro atoms. The Morgan fingerprint density at radius 3 is 1.94 bits per heavy atom. The Morgan fingerprint density at radius 1 is 0.722 bits per heavy atom. The third-order valence-corrected chi connectivity index (χ3v) is 9.83. The van der Waals surface area contributed by atoms with Gasteiger partial charge in [0.05, 0.1) is 7.11 Å². The first-order valence-electron chi connectivity index (χ1n) is 13.3. The second-order valence-electron chi connectivity index (χ2n) is 10.9. The summed E-state index contributed by atoms with van der Waals surface area (Å²) < 4.78 is 5.41. The predicted octanol–water partition coefficient (Wildman–Crippen LogP) is 8.45. The highest BCUT2D eigenvalue weighted by molar-refractivity contribution is 7.19. The molecule has 4 bridgehead atoms. The van der Waals surface area contributed by atoms with Crippen LogP contribution in [0.25, 0.3) is 21.8 Å². The van der Waals surface area contributed by atoms with Crippen LogP contribution in [0.3, 0.4) is 0 Å². The monoisotopic (exact) mass is 492 g/mol. The molecular weight excluding hydrogens is 460 g/mol. The molecule has 0 N–H and O–H groups in total. The standard InChI is InChI=1S/C32H32N2OS/c1-35-28-14-12-24(13-15-28)31-33-29(23-8-4-2-5-9-23)32(36-31)34(27-10-6-3-7-11-27)30-25-17-21-16-22(19-25)20-26(30)18-21/h2-15,21-22,25-26,30H,16-20H2,1H3. The van der Waals surface area contributed by atoms with Gasteiger partial charge in [0.1, 0.15) is 21.5 Å². The fourth-order valence-corrected chi connectivity index (χ4v) is 8.61. The molecule has 1 aromatic heterocycles. The lowest BCUT2D eigenvalue weighted by atomic mass is 9.54. The van der Waals surface area contributed by atoms with Crippen molar-refractivity contribution in [1.29, 1.82) is 0 Å². The summed E-state index contributed by atoms with van der Waals surface area (Å²) in [5, 5.41) is 2.35. The second-order valence-corrected chi connectivity index (χ2v) is 11.9. The Bertz CT molecular complexity index is 1300. The molecular formula is C32H32N2OS. The van der Waals surface area contributed by atoms with Gasteiger partial charge in [-0.3, -0.25) is 0 Å². The van der Waals surface area contributed by atoms with Crippen molar-refractivity contribution in [2.75, 3.05) is 12.0 Å². The average Bonchev–Trinajstić information content (AvgIpc) is 3.36. The van der Waals surface area contributed by atoms with Gasteiger partial charge in [0.15, 0.2) is 0 Å². The normalized spacial score (nSPS) is 26.2. The SMILES string of the molecule is COc1ccc(-c2nc(-c3ccccc3)c(N(c3ccccc3)C3C4CC5CC(C4)CC3C5)s2)cc1. The molecule has 0 amide bonds. The first-order chi connectivity index (χ1) is 17.8. The maximum Gasteiger partial charge on any atom is 0.126 e. The summed E-state index contributed by atoms with van der Waals surface area (Å²) in [6.07, 6.45) is 7.05. The van der Waals surface area contributed by atoms with Gasteiger partial charge in [0.2, 0.25) is 0 Å². The van der Waals surface area contributed by atoms with E-state index in [9.17, 15) is 0 Å². The molecule has 4 heteroatoms. The first kappa shape index (κ1) is 22.1. The van der Waals surface area contributed by atoms with Gasteiger partial charge in [-0.15, -0.1) is 0 Å². The minimum Gasteiger partial charge on any atom is -0.497 e. The van der Waals surface area contributed by atoms with Crippen LogP contribution in [0.2, 0.25) is 0 Å². The van der Waals surface area contributed by atoms with Crippen molar-refractivity contribution < 1.29 is 4.74 Å². The molecule has 0 atom stereocenters. The highest BCUT2D eigenvalue weighted by atomic mass is 32.1. The highest BCUT2D eigenvalue weighted by Gasteiger charge is 2.51. The van der Waals surface area contributed by atoms with Gasteiger partial charge in [-0.05, 0) is 92.2 Å². The lowest BCUT2D eigenvalue weighted by molar-refractivity contribution is 0.000706. The average molecular weight is 493 g/mol. The van der Waals surface area contributed by atoms with Crippen LogP contribution in [0.4, 0.5) is 10.7 Å². The minimum absolute atomic E-state index is 0.548. The van der Waals surface area contributed by atoms with Crippen LogP contribution < -0.4 is 9.64 Å². The minimum atomic E-state index is 0.548. The molecule has 36 heavy (non-hydrogen) atoms. The molecule has 1 heterocycles. The van der Waals surface area contributed by atoms with Gasteiger partial charge < -0.3 is 9.64 Å². The molecule has 3 aromatic carbocycles. The Kier molecular flexibility index (Phi) is 5.58. The van der Waals surface area contributed by atoms with Crippen molar-refractivity contribution in [3.8, 4) is 27.6 Å². The van der Waals surface area contributed by atoms with Crippen LogP contribution >= 0.6 is 11.3 Å². The Balaban J connectivity index is 1.39. The number of methoxy groups -OCH3 is 1. The number of rotatable bonds is 6. The molecule has 4 fully saturated rings. The molecule has 0 unspecified atom stereocenters. The third kappa shape index (κ3) is 3.83. The molecule has 4 aromatic rings. The quantitative estimate of drug-likeness (QED) is 0.270. The third-order valence-electron chi connectivity index (χ3n) is 8.72. The second kappa shape index (κ2) is 9.08. The molecule has 4 aliphatic rings. The van der Waals surface area contributed by atoms with E-state index >= 15 is 0 Å². The summed E-state index contributed by atoms with van der Waals surface area (Å²) >= 11 is 1.84. The van der Waals surface area contributed by atoms with Crippen LogP contribution in [-0.2, 0) is 0 Å². The van der Waals surface area contributed by atoms with E-state index in [-0.39, 0.29) is 0 Å². The highest BCUT2D eigenvalue weighted by Crippen LogP contribution is 2.58. The molecule has 0 radical (unpaired) electrons. The number of aromatic nitrogens is 1. The Labute approximate surface area is 217 Å². The number of hydrogen-bond donors (Lipinski definition) is 0. The number of anilines is 2. The van der Waals surface area contributed by atoms with Crippen molar-refractivity contribution in [1.82, 2.24) is 4.98 Å². The number of thiazole rings is 1. The zero-order chi connectivity index (χ0) is 24.1. The molecule has 0 aliphatic heterocycles. The number of ether oxygens (including phenoxy) is 1. The van der Waals surface area contributed by atoms with E-state index in [4.69, 9.17) is 9.72 Å². The maximum absolute atomic E-state index is 5.41. The van der Waals surface area contributed by atoms with Crippen LogP contribution in [0.1, 0.15) is 32.1 Å². The van der Waals surface area contributed by atoms with E-state index in [1.54, 1.807) is 7.11 Å². The van der Waals surface area contributed by atoms with Crippen molar-refractivity contribution >= 4 is 22.0 Å². The Hall–Kier alpha value is -3.11. The number of nitrogens with zero attached hydrogens (tertiary/aromatic N) is 2. The van der Waals surface area contributed by atoms with Gasteiger partial charge in [-0.1, -0.05) is 59.9 Å². The summed E-state index contributed by atoms with van der Waals surface area (Å²) in [6, 6.07) is 30.7. The maximum atomic E-state index is 5.41. The van der Waals surface area contributed by atoms with Gasteiger partial charge in [-0.2, -0.15) is 0 Å². The van der Waals surface area contributed by atoms with Crippen molar-refractivity contribution in [3.63, 3.8) is 0 Å². The molecule has 4 aliphatic carbocycles. The summed E-state index contributed by atoms with van der Waals surface area (Å²) in [4.78, 5) is 8.01. The summed E-state index contributed by atoms with van der Waals surface area (Å²) in [5.74, 6) is 4.32. The lowest BCUT2D eigenvalue weighted by Crippen LogP contribution is -2.54. The fraction of sp³-hybridized carbons (Fsp3) is 0.344. The van der Waals surface area contributed by atoms with E-state index in [2.05, 4.69) is 77.7 Å². The van der Waals surface area contributed by atoms with Gasteiger partial charge >= 0.3 is 0 Å². The van der Waals surface area contributed by atoms with Gasteiger partial charge in [-0.25, -0.2) is 4.98 Å². The zero-order valence-electron chi connectivity index (χ0n) is 20.7. The van der Waals surface area contributed by atoms with Gasteiger partial charge in [0, 0.05) is 22.9 Å². The van der Waals surface area contributed by atoms with Crippen molar-refractivity contribution in [2.24, 2.45) is 23.7 Å². The molecule has 8 rings (SSSR count). The number of benzene rings is 3. The molecule has 4 saturated carbocycles. The van der Waals surface area contributed by atoms with E-state index in [1.807, 2.05) is 23.5 Å². The van der Waals surface area contributed by atoms with Crippen LogP contribution in [-0.4, -0.2) is 18.1 Å². The number of para-hydroxylation sites is 1. The van der Waals surface area contributed by atoms with Gasteiger partial charge in [0.25, 0.3) is 0 Å².